The second kappa shape index (κ2) is 4.87. The van der Waals surface area contributed by atoms with Crippen LogP contribution >= 0.6 is 11.8 Å². The van der Waals surface area contributed by atoms with Crippen LogP contribution in [0.5, 0.6) is 0 Å². The summed E-state index contributed by atoms with van der Waals surface area (Å²) < 4.78 is 0. The van der Waals surface area contributed by atoms with E-state index in [2.05, 4.69) is 12.1 Å². The molecule has 0 spiro atoms. The molecule has 2 aromatic rings. The topological polar surface area (TPSA) is 23.6 Å². The first kappa shape index (κ1) is 13.1. The smallest absolute Gasteiger partial charge is 0.228 e. The molecule has 3 nitrogen and oxygen atoms in total. The van der Waals surface area contributed by atoms with E-state index in [0.29, 0.717) is 0 Å². The Morgan fingerprint density at radius 3 is 2.45 bits per heavy atom. The lowest BCUT2D eigenvalue weighted by Crippen LogP contribution is -2.28. The van der Waals surface area contributed by atoms with Crippen LogP contribution in [0.2, 0.25) is 0 Å². The molecule has 0 aliphatic carbocycles. The molecular formula is C16H16N2OS. The Morgan fingerprint density at radius 2 is 1.75 bits per heavy atom. The van der Waals surface area contributed by atoms with Gasteiger partial charge in [-0.25, -0.2) is 0 Å². The van der Waals surface area contributed by atoms with Crippen molar-refractivity contribution in [3.63, 3.8) is 0 Å². The molecule has 0 fully saturated rings. The maximum absolute atomic E-state index is 12.2. The fourth-order valence-electron chi connectivity index (χ4n) is 2.47. The maximum atomic E-state index is 12.2. The van der Waals surface area contributed by atoms with Gasteiger partial charge in [-0.1, -0.05) is 30.0 Å². The van der Waals surface area contributed by atoms with Crippen LogP contribution in [0.15, 0.2) is 52.3 Å². The molecule has 0 bridgehead atoms. The Hall–Kier alpha value is -1.94. The van der Waals surface area contributed by atoms with Crippen molar-refractivity contribution < 1.29 is 4.79 Å². The van der Waals surface area contributed by atoms with Gasteiger partial charge in [0.2, 0.25) is 5.91 Å². The van der Waals surface area contributed by atoms with E-state index in [1.165, 1.54) is 0 Å². The molecule has 1 amide bonds. The van der Waals surface area contributed by atoms with E-state index in [1.807, 2.05) is 54.2 Å². The minimum Gasteiger partial charge on any atom is -0.376 e. The predicted octanol–water partition coefficient (Wildman–Crippen LogP) is 3.90. The summed E-state index contributed by atoms with van der Waals surface area (Å²) in [7, 11) is 4.00. The summed E-state index contributed by atoms with van der Waals surface area (Å²) in [6.45, 7) is 1.61. The van der Waals surface area contributed by atoms with Gasteiger partial charge in [-0.2, -0.15) is 0 Å². The Labute approximate surface area is 123 Å². The van der Waals surface area contributed by atoms with Gasteiger partial charge in [0.15, 0.2) is 0 Å². The lowest BCUT2D eigenvalue weighted by molar-refractivity contribution is -0.115. The highest BCUT2D eigenvalue weighted by Crippen LogP contribution is 2.51. The van der Waals surface area contributed by atoms with E-state index >= 15 is 0 Å². The van der Waals surface area contributed by atoms with Crippen molar-refractivity contribution in [2.24, 2.45) is 0 Å². The average Bonchev–Trinajstić information content (AvgIpc) is 2.43. The first-order valence-electron chi connectivity index (χ1n) is 6.47. The lowest BCUT2D eigenvalue weighted by Gasteiger charge is -2.33. The van der Waals surface area contributed by atoms with Crippen molar-refractivity contribution >= 4 is 34.7 Å². The van der Waals surface area contributed by atoms with Crippen LogP contribution in [0.4, 0.5) is 17.1 Å². The van der Waals surface area contributed by atoms with E-state index in [9.17, 15) is 4.79 Å². The molecule has 1 heterocycles. The van der Waals surface area contributed by atoms with Crippen LogP contribution in [-0.2, 0) is 4.79 Å². The van der Waals surface area contributed by atoms with Crippen LogP contribution in [0.1, 0.15) is 6.92 Å². The predicted molar refractivity (Wildman–Crippen MR) is 84.2 cm³/mol. The summed E-state index contributed by atoms with van der Waals surface area (Å²) in [5, 5.41) is 0. The van der Waals surface area contributed by atoms with Gasteiger partial charge in [0.05, 0.1) is 17.1 Å². The second-order valence-electron chi connectivity index (χ2n) is 4.94. The van der Waals surface area contributed by atoms with Gasteiger partial charge in [-0.15, -0.1) is 0 Å². The number of fused-ring (bicyclic) bond motifs is 2. The van der Waals surface area contributed by atoms with Crippen molar-refractivity contribution in [1.82, 2.24) is 0 Å². The first-order valence-corrected chi connectivity index (χ1v) is 7.29. The Bertz CT molecular complexity index is 682. The molecule has 0 atom stereocenters. The van der Waals surface area contributed by atoms with Crippen LogP contribution in [0.25, 0.3) is 0 Å². The molecule has 4 heteroatoms. The van der Waals surface area contributed by atoms with Gasteiger partial charge < -0.3 is 4.90 Å². The molecular weight excluding hydrogens is 268 g/mol. The molecule has 0 aromatic heterocycles. The molecule has 102 valence electrons. The molecule has 0 unspecified atom stereocenters. The van der Waals surface area contributed by atoms with Gasteiger partial charge in [-0.05, 0) is 24.3 Å². The number of carbonyl (C=O) groups is 1. The zero-order valence-electron chi connectivity index (χ0n) is 11.8. The molecule has 20 heavy (non-hydrogen) atoms. The summed E-state index contributed by atoms with van der Waals surface area (Å²) in [4.78, 5) is 18.3. The minimum atomic E-state index is 0.0355. The maximum Gasteiger partial charge on any atom is 0.228 e. The third-order valence-electron chi connectivity index (χ3n) is 3.32. The molecule has 0 N–H and O–H groups in total. The van der Waals surface area contributed by atoms with Gasteiger partial charge in [-0.3, -0.25) is 9.69 Å². The quantitative estimate of drug-likeness (QED) is 0.793. The monoisotopic (exact) mass is 284 g/mol. The number of carbonyl (C=O) groups excluding carboxylic acids is 1. The minimum absolute atomic E-state index is 0.0355. The number of amides is 1. The Morgan fingerprint density at radius 1 is 1.05 bits per heavy atom. The zero-order valence-corrected chi connectivity index (χ0v) is 12.6. The van der Waals surface area contributed by atoms with Gasteiger partial charge in [0, 0.05) is 30.8 Å². The standard InChI is InChI=1S/C16H16N2OS/c1-11(19)18-12-7-4-5-9-14(12)20-15-10-6-8-13(16(15)18)17(2)3/h4-10H,1-3H3. The SMILES string of the molecule is CC(=O)N1c2ccccc2Sc2cccc(N(C)C)c21. The molecule has 0 saturated heterocycles. The number of para-hydroxylation sites is 2. The molecule has 1 aliphatic rings. The highest BCUT2D eigenvalue weighted by atomic mass is 32.2. The average molecular weight is 284 g/mol. The number of rotatable bonds is 1. The normalized spacial score (nSPS) is 12.7. The van der Waals surface area contributed by atoms with E-state index in [0.717, 1.165) is 26.9 Å². The molecule has 0 saturated carbocycles. The van der Waals surface area contributed by atoms with Crippen molar-refractivity contribution in [3.05, 3.63) is 42.5 Å². The fourth-order valence-corrected chi connectivity index (χ4v) is 3.56. The highest BCUT2D eigenvalue weighted by molar-refractivity contribution is 7.99. The first-order chi connectivity index (χ1) is 9.59. The largest absolute Gasteiger partial charge is 0.376 e. The number of hydrogen-bond acceptors (Lipinski definition) is 3. The van der Waals surface area contributed by atoms with E-state index < -0.39 is 0 Å². The number of nitrogens with zero attached hydrogens (tertiary/aromatic N) is 2. The van der Waals surface area contributed by atoms with E-state index in [4.69, 9.17) is 0 Å². The molecule has 3 rings (SSSR count). The Balaban J connectivity index is 2.27. The van der Waals surface area contributed by atoms with Gasteiger partial charge >= 0.3 is 0 Å². The van der Waals surface area contributed by atoms with Gasteiger partial charge in [0.25, 0.3) is 0 Å². The van der Waals surface area contributed by atoms with Crippen molar-refractivity contribution in [3.8, 4) is 0 Å². The fraction of sp³-hybridized carbons (Fsp3) is 0.188. The van der Waals surface area contributed by atoms with Crippen molar-refractivity contribution in [2.75, 3.05) is 23.9 Å². The summed E-state index contributed by atoms with van der Waals surface area (Å²) in [5.74, 6) is 0.0355. The highest BCUT2D eigenvalue weighted by Gasteiger charge is 2.28. The number of anilines is 3. The Kier molecular flexibility index (Phi) is 3.18. The lowest BCUT2D eigenvalue weighted by atomic mass is 10.2. The summed E-state index contributed by atoms with van der Waals surface area (Å²) >= 11 is 1.71. The summed E-state index contributed by atoms with van der Waals surface area (Å²) in [6, 6.07) is 14.2. The van der Waals surface area contributed by atoms with E-state index in [1.54, 1.807) is 18.7 Å². The second-order valence-corrected chi connectivity index (χ2v) is 6.03. The molecule has 2 aromatic carbocycles. The van der Waals surface area contributed by atoms with Crippen LogP contribution in [-0.4, -0.2) is 20.0 Å². The van der Waals surface area contributed by atoms with E-state index in [-0.39, 0.29) is 5.91 Å². The summed E-state index contributed by atoms with van der Waals surface area (Å²) in [5.41, 5.74) is 3.00. The number of hydrogen-bond donors (Lipinski definition) is 0. The number of benzene rings is 2. The van der Waals surface area contributed by atoms with Crippen molar-refractivity contribution in [1.29, 1.82) is 0 Å². The van der Waals surface area contributed by atoms with Crippen LogP contribution in [0.3, 0.4) is 0 Å². The third kappa shape index (κ3) is 1.96. The van der Waals surface area contributed by atoms with Crippen molar-refractivity contribution in [2.45, 2.75) is 16.7 Å². The summed E-state index contributed by atoms with van der Waals surface area (Å²) in [6.07, 6.45) is 0. The van der Waals surface area contributed by atoms with Crippen LogP contribution in [0, 0.1) is 0 Å². The molecule has 1 aliphatic heterocycles. The van der Waals surface area contributed by atoms with Crippen LogP contribution < -0.4 is 9.80 Å². The zero-order chi connectivity index (χ0) is 14.3. The molecule has 0 radical (unpaired) electrons. The van der Waals surface area contributed by atoms with Gasteiger partial charge in [0.1, 0.15) is 0 Å². The third-order valence-corrected chi connectivity index (χ3v) is 4.44.